The molecule has 0 aromatic rings. The van der Waals surface area contributed by atoms with Crippen molar-refractivity contribution in [3.8, 4) is 0 Å². The third-order valence-electron chi connectivity index (χ3n) is 4.53. The monoisotopic (exact) mass is 254 g/mol. The molecule has 0 aromatic carbocycles. The van der Waals surface area contributed by atoms with Gasteiger partial charge in [0, 0.05) is 37.9 Å². The highest BCUT2D eigenvalue weighted by Crippen LogP contribution is 2.33. The average Bonchev–Trinajstić information content (AvgIpc) is 2.35. The van der Waals surface area contributed by atoms with E-state index in [0.29, 0.717) is 0 Å². The zero-order valence-corrected chi connectivity index (χ0v) is 12.2. The first-order valence-electron chi connectivity index (χ1n) is 7.92. The molecule has 2 saturated heterocycles. The Morgan fingerprint density at radius 2 is 1.89 bits per heavy atom. The fourth-order valence-electron chi connectivity index (χ4n) is 3.79. The molecule has 2 heterocycles. The topological polar surface area (TPSA) is 24.5 Å². The minimum absolute atomic E-state index is 0.772. The van der Waals surface area contributed by atoms with Gasteiger partial charge in [0.15, 0.2) is 0 Å². The molecule has 0 aromatic heterocycles. The van der Waals surface area contributed by atoms with E-state index < -0.39 is 0 Å². The molecule has 2 atom stereocenters. The Morgan fingerprint density at radius 3 is 2.50 bits per heavy atom. The van der Waals surface area contributed by atoms with E-state index in [-0.39, 0.29) is 0 Å². The van der Waals surface area contributed by atoms with Crippen LogP contribution >= 0.6 is 0 Å². The molecule has 0 amide bonds. The summed E-state index contributed by atoms with van der Waals surface area (Å²) in [5.41, 5.74) is 0. The Bertz CT molecular complexity index is 221. The highest BCUT2D eigenvalue weighted by atomic mass is 16.5. The number of ether oxygens (including phenoxy) is 1. The molecule has 0 aliphatic carbocycles. The second-order valence-electron chi connectivity index (χ2n) is 5.75. The number of fused-ring (bicyclic) bond motifs is 2. The number of hydrogen-bond donors (Lipinski definition) is 1. The van der Waals surface area contributed by atoms with Crippen LogP contribution in [-0.4, -0.2) is 49.3 Å². The summed E-state index contributed by atoms with van der Waals surface area (Å²) in [4.78, 5) is 2.79. The summed E-state index contributed by atoms with van der Waals surface area (Å²) >= 11 is 0. The van der Waals surface area contributed by atoms with Crippen molar-refractivity contribution in [3.63, 3.8) is 0 Å². The second kappa shape index (κ2) is 7.46. The number of nitrogens with one attached hydrogen (secondary N) is 1. The molecular weight excluding hydrogens is 224 g/mol. The molecular formula is C15H30N2O. The van der Waals surface area contributed by atoms with Crippen molar-refractivity contribution in [1.82, 2.24) is 10.2 Å². The fraction of sp³-hybridized carbons (Fsp3) is 1.00. The second-order valence-corrected chi connectivity index (χ2v) is 5.75. The standard InChI is InChI=1S/C15H30N2O/c1-3-16-13-11-14-7-5-8-15(12-13)17(14)9-6-10-18-4-2/h13-16H,3-12H2,1-2H3. The van der Waals surface area contributed by atoms with Crippen molar-refractivity contribution in [2.45, 2.75) is 70.5 Å². The first kappa shape index (κ1) is 14.3. The lowest BCUT2D eigenvalue weighted by molar-refractivity contribution is 0.0168. The van der Waals surface area contributed by atoms with Crippen LogP contribution in [0.25, 0.3) is 0 Å². The van der Waals surface area contributed by atoms with Crippen molar-refractivity contribution in [2.75, 3.05) is 26.3 Å². The molecule has 106 valence electrons. The number of piperidine rings is 2. The molecule has 0 spiro atoms. The molecule has 2 aliphatic heterocycles. The van der Waals surface area contributed by atoms with Crippen LogP contribution in [0.4, 0.5) is 0 Å². The van der Waals surface area contributed by atoms with Gasteiger partial charge in [0.2, 0.25) is 0 Å². The van der Waals surface area contributed by atoms with Crippen molar-refractivity contribution >= 4 is 0 Å². The van der Waals surface area contributed by atoms with E-state index in [4.69, 9.17) is 4.74 Å². The van der Waals surface area contributed by atoms with Gasteiger partial charge in [-0.3, -0.25) is 4.90 Å². The lowest BCUT2D eigenvalue weighted by Gasteiger charge is -2.49. The van der Waals surface area contributed by atoms with E-state index in [2.05, 4.69) is 24.1 Å². The van der Waals surface area contributed by atoms with Crippen molar-refractivity contribution in [1.29, 1.82) is 0 Å². The molecule has 2 aliphatic rings. The maximum Gasteiger partial charge on any atom is 0.0478 e. The third kappa shape index (κ3) is 3.69. The molecule has 1 N–H and O–H groups in total. The van der Waals surface area contributed by atoms with Gasteiger partial charge in [0.05, 0.1) is 0 Å². The van der Waals surface area contributed by atoms with Crippen molar-refractivity contribution < 1.29 is 4.74 Å². The minimum Gasteiger partial charge on any atom is -0.382 e. The highest BCUT2D eigenvalue weighted by molar-refractivity contribution is 4.94. The van der Waals surface area contributed by atoms with E-state index >= 15 is 0 Å². The summed E-state index contributed by atoms with van der Waals surface area (Å²) < 4.78 is 5.47. The molecule has 3 heteroatoms. The van der Waals surface area contributed by atoms with Gasteiger partial charge in [-0.05, 0) is 45.6 Å². The van der Waals surface area contributed by atoms with Crippen molar-refractivity contribution in [2.24, 2.45) is 0 Å². The summed E-state index contributed by atoms with van der Waals surface area (Å²) in [6.07, 6.45) is 8.18. The molecule has 3 nitrogen and oxygen atoms in total. The fourth-order valence-corrected chi connectivity index (χ4v) is 3.79. The molecule has 18 heavy (non-hydrogen) atoms. The molecule has 2 bridgehead atoms. The predicted octanol–water partition coefficient (Wildman–Crippen LogP) is 2.41. The Hall–Kier alpha value is -0.120. The van der Waals surface area contributed by atoms with Crippen LogP contribution in [0.15, 0.2) is 0 Å². The number of rotatable bonds is 7. The zero-order chi connectivity index (χ0) is 12.8. The Kier molecular flexibility index (Phi) is 5.93. The van der Waals surface area contributed by atoms with Crippen molar-refractivity contribution in [3.05, 3.63) is 0 Å². The summed E-state index contributed by atoms with van der Waals surface area (Å²) in [6.45, 7) is 8.46. The van der Waals surface area contributed by atoms with Crippen LogP contribution in [0.5, 0.6) is 0 Å². The Morgan fingerprint density at radius 1 is 1.17 bits per heavy atom. The van der Waals surface area contributed by atoms with E-state index in [1.165, 1.54) is 45.1 Å². The van der Waals surface area contributed by atoms with Gasteiger partial charge >= 0.3 is 0 Å². The van der Waals surface area contributed by atoms with Gasteiger partial charge in [-0.25, -0.2) is 0 Å². The van der Waals surface area contributed by atoms with Crippen LogP contribution in [0.1, 0.15) is 52.4 Å². The van der Waals surface area contributed by atoms with Crippen LogP contribution in [0, 0.1) is 0 Å². The van der Waals surface area contributed by atoms with Gasteiger partial charge < -0.3 is 10.1 Å². The van der Waals surface area contributed by atoms with Gasteiger partial charge in [-0.15, -0.1) is 0 Å². The maximum atomic E-state index is 5.47. The predicted molar refractivity (Wildman–Crippen MR) is 75.9 cm³/mol. The summed E-state index contributed by atoms with van der Waals surface area (Å²) in [7, 11) is 0. The number of hydrogen-bond acceptors (Lipinski definition) is 3. The first-order chi connectivity index (χ1) is 8.85. The quantitative estimate of drug-likeness (QED) is 0.706. The zero-order valence-electron chi connectivity index (χ0n) is 12.2. The minimum atomic E-state index is 0.772. The molecule has 0 radical (unpaired) electrons. The third-order valence-corrected chi connectivity index (χ3v) is 4.53. The summed E-state index contributed by atoms with van der Waals surface area (Å²) in [5.74, 6) is 0. The lowest BCUT2D eigenvalue weighted by Crippen LogP contribution is -2.56. The normalized spacial score (nSPS) is 32.7. The smallest absolute Gasteiger partial charge is 0.0478 e. The SMILES string of the molecule is CCNC1CC2CCCC(C1)N2CCCOCC. The summed E-state index contributed by atoms with van der Waals surface area (Å²) in [5, 5.41) is 3.66. The molecule has 2 rings (SSSR count). The Labute approximate surface area is 112 Å². The van der Waals surface area contributed by atoms with E-state index in [0.717, 1.165) is 37.9 Å². The van der Waals surface area contributed by atoms with Crippen LogP contribution in [0.3, 0.4) is 0 Å². The highest BCUT2D eigenvalue weighted by Gasteiger charge is 2.37. The maximum absolute atomic E-state index is 5.47. The van der Waals surface area contributed by atoms with Gasteiger partial charge in [0.1, 0.15) is 0 Å². The van der Waals surface area contributed by atoms with Gasteiger partial charge in [0.25, 0.3) is 0 Å². The average molecular weight is 254 g/mol. The summed E-state index contributed by atoms with van der Waals surface area (Å²) in [6, 6.07) is 2.44. The largest absolute Gasteiger partial charge is 0.382 e. The van der Waals surface area contributed by atoms with Crippen LogP contribution in [-0.2, 0) is 4.74 Å². The first-order valence-corrected chi connectivity index (χ1v) is 7.92. The van der Waals surface area contributed by atoms with Crippen LogP contribution in [0.2, 0.25) is 0 Å². The number of nitrogens with zero attached hydrogens (tertiary/aromatic N) is 1. The van der Waals surface area contributed by atoms with Gasteiger partial charge in [-0.2, -0.15) is 0 Å². The lowest BCUT2D eigenvalue weighted by atomic mass is 9.81. The molecule has 2 fully saturated rings. The van der Waals surface area contributed by atoms with E-state index in [1.807, 2.05) is 0 Å². The molecule has 0 saturated carbocycles. The van der Waals surface area contributed by atoms with E-state index in [1.54, 1.807) is 0 Å². The molecule has 2 unspecified atom stereocenters. The van der Waals surface area contributed by atoms with Crippen LogP contribution < -0.4 is 5.32 Å². The Balaban J connectivity index is 1.80. The van der Waals surface area contributed by atoms with E-state index in [9.17, 15) is 0 Å². The van der Waals surface area contributed by atoms with Gasteiger partial charge in [-0.1, -0.05) is 13.3 Å².